The minimum atomic E-state index is -0.557. The quantitative estimate of drug-likeness (QED) is 0.666. The molecule has 1 saturated heterocycles. The van der Waals surface area contributed by atoms with E-state index in [1.807, 2.05) is 29.2 Å². The number of halogens is 2. The maximum Gasteiger partial charge on any atom is 0.415 e. The minimum absolute atomic E-state index is 0.0407. The van der Waals surface area contributed by atoms with Gasteiger partial charge >= 0.3 is 6.09 Å². The molecule has 0 radical (unpaired) electrons. The molecule has 2 aromatic carbocycles. The van der Waals surface area contributed by atoms with Gasteiger partial charge in [-0.2, -0.15) is 0 Å². The van der Waals surface area contributed by atoms with Crippen LogP contribution >= 0.6 is 11.6 Å². The van der Waals surface area contributed by atoms with Crippen molar-refractivity contribution < 1.29 is 23.5 Å². The fourth-order valence-corrected chi connectivity index (χ4v) is 4.55. The highest BCUT2D eigenvalue weighted by molar-refractivity contribution is 6.30. The predicted molar refractivity (Wildman–Crippen MR) is 118 cm³/mol. The molecule has 170 valence electrons. The summed E-state index contributed by atoms with van der Waals surface area (Å²) in [7, 11) is 3.33. The third-order valence-electron chi connectivity index (χ3n) is 6.48. The fraction of sp³-hybridized carbons (Fsp3) is 0.417. The Morgan fingerprint density at radius 1 is 1.06 bits per heavy atom. The van der Waals surface area contributed by atoms with Crippen LogP contribution in [-0.2, 0) is 9.53 Å². The third-order valence-corrected chi connectivity index (χ3v) is 6.73. The molecule has 1 unspecified atom stereocenters. The molecule has 6 nitrogen and oxygen atoms in total. The van der Waals surface area contributed by atoms with E-state index in [-0.39, 0.29) is 35.6 Å². The van der Waals surface area contributed by atoms with Crippen LogP contribution in [0.5, 0.6) is 5.75 Å². The number of carbonyl (C=O) groups excluding carboxylic acids is 2. The van der Waals surface area contributed by atoms with Gasteiger partial charge in [-0.15, -0.1) is 0 Å². The summed E-state index contributed by atoms with van der Waals surface area (Å²) < 4.78 is 23.9. The molecule has 2 amide bonds. The monoisotopic (exact) mass is 460 g/mol. The van der Waals surface area contributed by atoms with Crippen LogP contribution in [0.4, 0.5) is 9.18 Å². The van der Waals surface area contributed by atoms with E-state index in [1.54, 1.807) is 14.2 Å². The first-order chi connectivity index (χ1) is 15.4. The molecule has 2 fully saturated rings. The van der Waals surface area contributed by atoms with Gasteiger partial charge in [-0.3, -0.25) is 4.79 Å². The van der Waals surface area contributed by atoms with Crippen LogP contribution in [0.25, 0.3) is 0 Å². The Morgan fingerprint density at radius 2 is 1.72 bits per heavy atom. The highest BCUT2D eigenvalue weighted by Crippen LogP contribution is 2.36. The number of amides is 2. The molecule has 0 aromatic heterocycles. The lowest BCUT2D eigenvalue weighted by Crippen LogP contribution is -2.46. The molecule has 1 saturated carbocycles. The summed E-state index contributed by atoms with van der Waals surface area (Å²) in [5.74, 6) is -0.170. The zero-order chi connectivity index (χ0) is 22.8. The van der Waals surface area contributed by atoms with Gasteiger partial charge in [0.05, 0.1) is 12.1 Å². The fourth-order valence-electron chi connectivity index (χ4n) is 4.43. The largest absolute Gasteiger partial charge is 0.415 e. The molecule has 0 bridgehead atoms. The van der Waals surface area contributed by atoms with Crippen molar-refractivity contribution in [3.05, 3.63) is 64.9 Å². The van der Waals surface area contributed by atoms with E-state index < -0.39 is 11.9 Å². The van der Waals surface area contributed by atoms with Crippen molar-refractivity contribution in [2.24, 2.45) is 5.92 Å². The highest BCUT2D eigenvalue weighted by atomic mass is 35.5. The molecule has 2 atom stereocenters. The number of hydrogen-bond acceptors (Lipinski definition) is 4. The summed E-state index contributed by atoms with van der Waals surface area (Å²) in [6.45, 7) is 0.919. The zero-order valence-corrected chi connectivity index (χ0v) is 18.8. The Hall–Kier alpha value is -2.64. The van der Waals surface area contributed by atoms with Crippen LogP contribution in [0, 0.1) is 11.7 Å². The van der Waals surface area contributed by atoms with Gasteiger partial charge in [-0.05, 0) is 54.8 Å². The Balaban J connectivity index is 1.51. The zero-order valence-electron chi connectivity index (χ0n) is 18.0. The Labute approximate surface area is 191 Å². The summed E-state index contributed by atoms with van der Waals surface area (Å²) in [4.78, 5) is 29.3. The number of rotatable bonds is 5. The highest BCUT2D eigenvalue weighted by Gasteiger charge is 2.44. The van der Waals surface area contributed by atoms with Crippen molar-refractivity contribution in [2.45, 2.75) is 30.9 Å². The predicted octanol–water partition coefficient (Wildman–Crippen LogP) is 4.33. The average Bonchev–Trinajstić information content (AvgIpc) is 3.20. The van der Waals surface area contributed by atoms with Crippen molar-refractivity contribution >= 4 is 23.6 Å². The lowest BCUT2D eigenvalue weighted by molar-refractivity contribution is -0.142. The molecule has 1 heterocycles. The van der Waals surface area contributed by atoms with E-state index in [2.05, 4.69) is 0 Å². The Morgan fingerprint density at radius 3 is 2.34 bits per heavy atom. The molecule has 2 aromatic rings. The van der Waals surface area contributed by atoms with E-state index in [0.29, 0.717) is 18.1 Å². The molecule has 1 aliphatic heterocycles. The first-order valence-corrected chi connectivity index (χ1v) is 11.0. The van der Waals surface area contributed by atoms with Gasteiger partial charge in [0.25, 0.3) is 0 Å². The summed E-state index contributed by atoms with van der Waals surface area (Å²) >= 11 is 6.06. The maximum absolute atomic E-state index is 13.2. The van der Waals surface area contributed by atoms with E-state index in [1.165, 1.54) is 29.2 Å². The van der Waals surface area contributed by atoms with Gasteiger partial charge in [0.2, 0.25) is 5.91 Å². The number of likely N-dealkylation sites (N-methyl/N-ethyl adjacent to an activating group) is 1. The summed E-state index contributed by atoms with van der Waals surface area (Å²) in [6, 6.07) is 12.5. The molecule has 1 aliphatic carbocycles. The Kier molecular flexibility index (Phi) is 6.67. The van der Waals surface area contributed by atoms with E-state index in [4.69, 9.17) is 21.1 Å². The second kappa shape index (κ2) is 9.46. The smallest absolute Gasteiger partial charge is 0.410 e. The van der Waals surface area contributed by atoms with Gasteiger partial charge in [-0.25, -0.2) is 9.18 Å². The molecular formula is C24H26ClFN2O4. The first kappa shape index (κ1) is 22.6. The summed E-state index contributed by atoms with van der Waals surface area (Å²) in [5.41, 5.74) is 1.000. The summed E-state index contributed by atoms with van der Waals surface area (Å²) in [6.07, 6.45) is 1.04. The van der Waals surface area contributed by atoms with Gasteiger partial charge in [0.1, 0.15) is 11.6 Å². The molecule has 4 rings (SSSR count). The van der Waals surface area contributed by atoms with Crippen molar-refractivity contribution in [2.75, 3.05) is 27.2 Å². The lowest BCUT2D eigenvalue weighted by Gasteiger charge is -2.35. The normalized spacial score (nSPS) is 24.7. The third kappa shape index (κ3) is 4.74. The van der Waals surface area contributed by atoms with Crippen LogP contribution in [0.1, 0.15) is 24.3 Å². The van der Waals surface area contributed by atoms with Crippen LogP contribution in [-0.4, -0.2) is 61.2 Å². The van der Waals surface area contributed by atoms with Crippen molar-refractivity contribution in [3.8, 4) is 5.75 Å². The number of nitrogens with zero attached hydrogens (tertiary/aromatic N) is 2. The number of methoxy groups -OCH3 is 1. The number of hydrogen-bond donors (Lipinski definition) is 0. The van der Waals surface area contributed by atoms with Crippen LogP contribution < -0.4 is 4.74 Å². The molecule has 2 aliphatic rings. The van der Waals surface area contributed by atoms with Crippen molar-refractivity contribution in [3.63, 3.8) is 0 Å². The van der Waals surface area contributed by atoms with Crippen molar-refractivity contribution in [1.29, 1.82) is 0 Å². The first-order valence-electron chi connectivity index (χ1n) is 10.6. The van der Waals surface area contributed by atoms with E-state index >= 15 is 0 Å². The molecule has 8 heteroatoms. The van der Waals surface area contributed by atoms with Gasteiger partial charge in [-0.1, -0.05) is 23.7 Å². The number of likely N-dealkylation sites (tertiary alicyclic amines) is 1. The number of benzene rings is 2. The number of ether oxygens (including phenoxy) is 2. The SMILES string of the molecule is COC1CC(C(=O)N2CC(N(C)C(=O)Oc3ccc(F)cc3)[C@H](c3ccc(Cl)cc3)C2)C1. The Bertz CT molecular complexity index is 963. The molecular weight excluding hydrogens is 435 g/mol. The minimum Gasteiger partial charge on any atom is -0.410 e. The van der Waals surface area contributed by atoms with Crippen molar-refractivity contribution in [1.82, 2.24) is 9.80 Å². The topological polar surface area (TPSA) is 59.1 Å². The van der Waals surface area contributed by atoms with E-state index in [0.717, 1.165) is 18.4 Å². The van der Waals surface area contributed by atoms with Gasteiger partial charge in [0, 0.05) is 44.1 Å². The second-order valence-electron chi connectivity index (χ2n) is 8.43. The van der Waals surface area contributed by atoms with Gasteiger partial charge < -0.3 is 19.3 Å². The second-order valence-corrected chi connectivity index (χ2v) is 8.86. The van der Waals surface area contributed by atoms with E-state index in [9.17, 15) is 14.0 Å². The summed E-state index contributed by atoms with van der Waals surface area (Å²) in [5, 5.41) is 0.625. The van der Waals surface area contributed by atoms with Crippen LogP contribution in [0.2, 0.25) is 5.02 Å². The van der Waals surface area contributed by atoms with Crippen LogP contribution in [0.3, 0.4) is 0 Å². The lowest BCUT2D eigenvalue weighted by atomic mass is 9.81. The van der Waals surface area contributed by atoms with Gasteiger partial charge in [0.15, 0.2) is 0 Å². The molecule has 0 N–H and O–H groups in total. The van der Waals surface area contributed by atoms with Crippen LogP contribution in [0.15, 0.2) is 48.5 Å². The maximum atomic E-state index is 13.2. The number of carbonyl (C=O) groups is 2. The average molecular weight is 461 g/mol. The molecule has 32 heavy (non-hydrogen) atoms. The standard InChI is InChI=1S/C24H26ClFN2O4/c1-27(24(30)32-19-9-7-18(26)8-10-19)22-14-28(23(29)16-11-20(12-16)31-2)13-21(22)15-3-5-17(25)6-4-15/h3-10,16,20-22H,11-14H2,1-2H3/t16?,20?,21-,22?/m0/s1. The molecule has 0 spiro atoms.